The van der Waals surface area contributed by atoms with Crippen LogP contribution in [0.3, 0.4) is 0 Å². The Morgan fingerprint density at radius 1 is 0.667 bits per heavy atom. The Kier molecular flexibility index (Phi) is 1550. The molecule has 0 aliphatic heterocycles. The number of rotatable bonds is 0. The van der Waals surface area contributed by atoms with Gasteiger partial charge >= 0.3 is 0 Å². The van der Waals surface area contributed by atoms with Gasteiger partial charge in [-0.2, -0.15) is 3.84 Å². The molecule has 10 N–H and O–H groups in total. The summed E-state index contributed by atoms with van der Waals surface area (Å²) in [5.41, 5.74) is 0. The minimum atomic E-state index is 0. The fourth-order valence-corrected chi connectivity index (χ4v) is 0. The van der Waals surface area contributed by atoms with E-state index in [1.165, 1.54) is 0 Å². The maximum Gasteiger partial charge on any atom is 0.0832 e. The maximum absolute atomic E-state index is 4.26. The average Bonchev–Trinajstić information content (AvgIpc) is 0.918. The van der Waals surface area contributed by atoms with Gasteiger partial charge in [0.1, 0.15) is 0 Å². The Bertz CT molecular complexity index is 11.0. The quantitative estimate of drug-likeness (QED) is 0.428. The zero-order valence-corrected chi connectivity index (χ0v) is 7.02. The minimum absolute atomic E-state index is 0. The van der Waals surface area contributed by atoms with Gasteiger partial charge in [0, 0.05) is 18.6 Å². The van der Waals surface area contributed by atoms with E-state index in [0.717, 1.165) is 0 Å². The second-order valence-corrected chi connectivity index (χ2v) is 0.525. The van der Waals surface area contributed by atoms with Crippen LogP contribution in [0.5, 0.6) is 0 Å². The zero-order valence-electron chi connectivity index (χ0n) is 4.11. The molecule has 0 aromatic carbocycles. The molecule has 0 fully saturated rings. The van der Waals surface area contributed by atoms with Gasteiger partial charge in [-0.3, -0.25) is 0 Å². The number of hydrogen-bond acceptors (Lipinski definition) is 1. The molecule has 0 rings (SSSR count). The van der Waals surface area contributed by atoms with Crippen LogP contribution in [0.15, 0.2) is 0 Å². The van der Waals surface area contributed by atoms with Gasteiger partial charge in [0.2, 0.25) is 0 Å². The van der Waals surface area contributed by atoms with Crippen LogP contribution in [0.2, 0.25) is 0 Å². The molecule has 0 aromatic heterocycles. The van der Waals surface area contributed by atoms with Crippen LogP contribution in [0.4, 0.5) is 0 Å². The largest absolute Gasteiger partial charge is 0.412 e. The second-order valence-electron chi connectivity index (χ2n) is 0.0583. The standard InChI is InChI=1S/Cl2O.5H2O.V/c1-3-2;;;;;;/h;5*1H2;. The van der Waals surface area contributed by atoms with Crippen LogP contribution < -0.4 is 0 Å². The summed E-state index contributed by atoms with van der Waals surface area (Å²) in [6.45, 7) is 0. The molecule has 0 aliphatic rings. The van der Waals surface area contributed by atoms with E-state index < -0.39 is 0 Å². The predicted octanol–water partition coefficient (Wildman–Crippen LogP) is -2.82. The molecule has 9 heavy (non-hydrogen) atoms. The van der Waals surface area contributed by atoms with Gasteiger partial charge in [-0.1, -0.05) is 0 Å². The summed E-state index contributed by atoms with van der Waals surface area (Å²) in [4.78, 5) is 0. The summed E-state index contributed by atoms with van der Waals surface area (Å²) >= 11 is 8.53. The van der Waals surface area contributed by atoms with E-state index >= 15 is 0 Å². The Labute approximate surface area is 73.9 Å². The normalized spacial score (nSPS) is 2.00. The molecule has 9 heteroatoms. The summed E-state index contributed by atoms with van der Waals surface area (Å²) < 4.78 is 3.19. The van der Waals surface area contributed by atoms with Crippen LogP contribution in [-0.2, 0) is 22.4 Å². The smallest absolute Gasteiger partial charge is 0.0832 e. The van der Waals surface area contributed by atoms with Gasteiger partial charge in [-0.15, -0.1) is 0 Å². The van der Waals surface area contributed by atoms with Crippen molar-refractivity contribution in [2.45, 2.75) is 0 Å². The predicted molar refractivity (Wildman–Crippen MR) is 30.9 cm³/mol. The third-order valence-electron chi connectivity index (χ3n) is 0. The van der Waals surface area contributed by atoms with Crippen molar-refractivity contribution in [1.82, 2.24) is 0 Å². The molecule has 0 saturated heterocycles. The van der Waals surface area contributed by atoms with E-state index in [-0.39, 0.29) is 45.9 Å². The molecule has 6 nitrogen and oxygen atoms in total. The van der Waals surface area contributed by atoms with E-state index in [2.05, 4.69) is 27.6 Å². The fraction of sp³-hybridized carbons (Fsp3) is 0. The van der Waals surface area contributed by atoms with E-state index in [1.807, 2.05) is 0 Å². The van der Waals surface area contributed by atoms with Crippen LogP contribution in [0.1, 0.15) is 0 Å². The Morgan fingerprint density at radius 2 is 0.667 bits per heavy atom. The molecule has 65 valence electrons. The topological polar surface area (TPSA) is 167 Å². The van der Waals surface area contributed by atoms with Crippen molar-refractivity contribution in [2.75, 3.05) is 0 Å². The summed E-state index contributed by atoms with van der Waals surface area (Å²) in [5.74, 6) is 0. The van der Waals surface area contributed by atoms with Crippen LogP contribution in [0, 0.1) is 0 Å². The summed E-state index contributed by atoms with van der Waals surface area (Å²) in [5, 5.41) is 0. The molecule has 0 atom stereocenters. The van der Waals surface area contributed by atoms with Crippen molar-refractivity contribution in [3.8, 4) is 0 Å². The van der Waals surface area contributed by atoms with Crippen LogP contribution in [-0.4, -0.2) is 27.4 Å². The third-order valence-corrected chi connectivity index (χ3v) is 0. The first kappa shape index (κ1) is 92.4. The maximum atomic E-state index is 4.26. The molecule has 1 radical (unpaired) electrons. The first-order chi connectivity index (χ1) is 1.41. The Morgan fingerprint density at radius 3 is 0.667 bits per heavy atom. The molecular formula is H10Cl2O6V. The monoisotopic (exact) mass is 227 g/mol. The fourth-order valence-electron chi connectivity index (χ4n) is 0. The molecule has 0 amide bonds. The van der Waals surface area contributed by atoms with E-state index in [1.54, 1.807) is 0 Å². The molecule has 0 aromatic rings. The van der Waals surface area contributed by atoms with E-state index in [0.29, 0.717) is 0 Å². The van der Waals surface area contributed by atoms with Gasteiger partial charge in [0.05, 0.1) is 23.7 Å². The number of hydrogen-bond donors (Lipinski definition) is 0. The second kappa shape index (κ2) is 151. The van der Waals surface area contributed by atoms with Crippen molar-refractivity contribution in [3.63, 3.8) is 0 Å². The van der Waals surface area contributed by atoms with Crippen molar-refractivity contribution in [2.24, 2.45) is 0 Å². The van der Waals surface area contributed by atoms with Gasteiger partial charge in [0.15, 0.2) is 0 Å². The molecule has 0 unspecified atom stereocenters. The minimum Gasteiger partial charge on any atom is -0.412 e. The third kappa shape index (κ3) is 501. The molecule has 0 spiro atoms. The van der Waals surface area contributed by atoms with Crippen molar-refractivity contribution in [3.05, 3.63) is 0 Å². The van der Waals surface area contributed by atoms with E-state index in [9.17, 15) is 0 Å². The van der Waals surface area contributed by atoms with Gasteiger partial charge in [-0.05, 0) is 0 Å². The van der Waals surface area contributed by atoms with Crippen molar-refractivity contribution in [1.29, 1.82) is 0 Å². The van der Waals surface area contributed by atoms with Crippen molar-refractivity contribution < 1.29 is 49.8 Å². The molecule has 0 aliphatic carbocycles. The molecule has 0 saturated carbocycles. The molecule has 0 heterocycles. The SMILES string of the molecule is ClOCl.O.O.O.O.O.[V]. The summed E-state index contributed by atoms with van der Waals surface area (Å²) in [6.07, 6.45) is 0. The van der Waals surface area contributed by atoms with Gasteiger partial charge in [-0.25, -0.2) is 0 Å². The number of halogens is 2. The zero-order chi connectivity index (χ0) is 2.71. The first-order valence-electron chi connectivity index (χ1n) is 0.309. The average molecular weight is 228 g/mol. The van der Waals surface area contributed by atoms with Crippen LogP contribution >= 0.6 is 23.7 Å². The van der Waals surface area contributed by atoms with Gasteiger partial charge in [0.25, 0.3) is 0 Å². The van der Waals surface area contributed by atoms with Crippen LogP contribution in [0.25, 0.3) is 0 Å². The summed E-state index contributed by atoms with van der Waals surface area (Å²) in [6, 6.07) is 0. The first-order valence-corrected chi connectivity index (χ1v) is 0.926. The van der Waals surface area contributed by atoms with Crippen molar-refractivity contribution >= 4 is 23.7 Å². The summed E-state index contributed by atoms with van der Waals surface area (Å²) in [7, 11) is 0. The molecule has 0 bridgehead atoms. The van der Waals surface area contributed by atoms with Gasteiger partial charge < -0.3 is 27.4 Å². The van der Waals surface area contributed by atoms with E-state index in [4.69, 9.17) is 0 Å². The molecular weight excluding hydrogens is 218 g/mol. The Hall–Kier alpha value is 0.924. The Balaban J connectivity index is -0.00000000133.